The molecule has 33 heavy (non-hydrogen) atoms. The summed E-state index contributed by atoms with van der Waals surface area (Å²) in [6.45, 7) is 3.14. The van der Waals surface area contributed by atoms with Crippen LogP contribution < -0.4 is 0 Å². The third kappa shape index (κ3) is 5.97. The van der Waals surface area contributed by atoms with Crippen molar-refractivity contribution in [3.63, 3.8) is 0 Å². The minimum Gasteiger partial charge on any atom is -0.341 e. The second kappa shape index (κ2) is 10.0. The fourth-order valence-electron chi connectivity index (χ4n) is 3.84. The predicted octanol–water partition coefficient (Wildman–Crippen LogP) is 5.25. The fourth-order valence-corrected chi connectivity index (χ4v) is 4.66. The number of alkyl halides is 3. The quantitative estimate of drug-likeness (QED) is 0.472. The van der Waals surface area contributed by atoms with E-state index >= 15 is 0 Å². The number of rotatable bonds is 5. The monoisotopic (exact) mass is 477 g/mol. The first-order valence-electron chi connectivity index (χ1n) is 10.6. The molecule has 174 valence electrons. The lowest BCUT2D eigenvalue weighted by atomic mass is 10.1. The van der Waals surface area contributed by atoms with Gasteiger partial charge in [0, 0.05) is 49.2 Å². The number of aromatic nitrogens is 1. The summed E-state index contributed by atoms with van der Waals surface area (Å²) >= 11 is 1.30. The van der Waals surface area contributed by atoms with E-state index < -0.39 is 11.7 Å². The van der Waals surface area contributed by atoms with Crippen LogP contribution in [0.15, 0.2) is 53.9 Å². The van der Waals surface area contributed by atoms with Gasteiger partial charge in [0.05, 0.1) is 17.7 Å². The van der Waals surface area contributed by atoms with Crippen molar-refractivity contribution in [2.24, 2.45) is 0 Å². The Morgan fingerprint density at radius 2 is 1.76 bits per heavy atom. The van der Waals surface area contributed by atoms with E-state index in [0.717, 1.165) is 25.1 Å². The second-order valence-electron chi connectivity index (χ2n) is 8.00. The molecule has 1 aliphatic rings. The van der Waals surface area contributed by atoms with Gasteiger partial charge in [-0.25, -0.2) is 9.37 Å². The minimum absolute atomic E-state index is 0.0352. The first kappa shape index (κ1) is 23.4. The van der Waals surface area contributed by atoms with Crippen LogP contribution in [-0.4, -0.2) is 46.9 Å². The third-order valence-corrected chi connectivity index (χ3v) is 6.58. The van der Waals surface area contributed by atoms with E-state index in [4.69, 9.17) is 0 Å². The SMILES string of the molecule is O=C(Cc1csc(-c2ccc(C(F)(F)F)cc2)n1)N1CCCN(Cc2ccccc2F)CC1. The van der Waals surface area contributed by atoms with Crippen molar-refractivity contribution in [2.45, 2.75) is 25.6 Å². The maximum atomic E-state index is 13.9. The van der Waals surface area contributed by atoms with Crippen LogP contribution in [-0.2, 0) is 23.9 Å². The van der Waals surface area contributed by atoms with E-state index in [9.17, 15) is 22.4 Å². The Morgan fingerprint density at radius 1 is 1.00 bits per heavy atom. The van der Waals surface area contributed by atoms with Crippen molar-refractivity contribution in [2.75, 3.05) is 26.2 Å². The molecule has 9 heteroatoms. The van der Waals surface area contributed by atoms with Gasteiger partial charge in [-0.1, -0.05) is 30.3 Å². The normalized spacial score (nSPS) is 15.5. The Labute approximate surface area is 193 Å². The molecule has 0 aliphatic carbocycles. The summed E-state index contributed by atoms with van der Waals surface area (Å²) in [7, 11) is 0. The van der Waals surface area contributed by atoms with Gasteiger partial charge >= 0.3 is 6.18 Å². The lowest BCUT2D eigenvalue weighted by molar-refractivity contribution is -0.137. The summed E-state index contributed by atoms with van der Waals surface area (Å²) in [5.74, 6) is -0.255. The van der Waals surface area contributed by atoms with Crippen molar-refractivity contribution in [1.29, 1.82) is 0 Å². The van der Waals surface area contributed by atoms with Gasteiger partial charge in [-0.05, 0) is 24.6 Å². The molecule has 4 nitrogen and oxygen atoms in total. The largest absolute Gasteiger partial charge is 0.416 e. The number of halogens is 4. The lowest BCUT2D eigenvalue weighted by Crippen LogP contribution is -2.36. The van der Waals surface area contributed by atoms with Gasteiger partial charge in [-0.3, -0.25) is 9.69 Å². The van der Waals surface area contributed by atoms with Crippen LogP contribution in [0.25, 0.3) is 10.6 Å². The lowest BCUT2D eigenvalue weighted by Gasteiger charge is -2.22. The molecule has 1 aromatic heterocycles. The molecule has 1 aliphatic heterocycles. The van der Waals surface area contributed by atoms with Crippen molar-refractivity contribution < 1.29 is 22.4 Å². The molecule has 1 amide bonds. The molecule has 0 bridgehead atoms. The van der Waals surface area contributed by atoms with Gasteiger partial charge in [-0.2, -0.15) is 13.2 Å². The highest BCUT2D eigenvalue weighted by atomic mass is 32.1. The maximum absolute atomic E-state index is 13.9. The standard InChI is InChI=1S/C24H23F4N3OS/c25-21-5-2-1-4-18(21)15-30-10-3-11-31(13-12-30)22(32)14-20-16-33-23(29-20)17-6-8-19(9-7-17)24(26,27)28/h1-2,4-9,16H,3,10-15H2. The van der Waals surface area contributed by atoms with E-state index in [1.807, 2.05) is 6.07 Å². The molecule has 0 spiro atoms. The number of carbonyl (C=O) groups excluding carboxylic acids is 1. The Balaban J connectivity index is 1.33. The Hall–Kier alpha value is -2.78. The fraction of sp³-hybridized carbons (Fsp3) is 0.333. The molecule has 2 aromatic carbocycles. The molecule has 0 N–H and O–H groups in total. The zero-order valence-corrected chi connectivity index (χ0v) is 18.6. The van der Waals surface area contributed by atoms with Crippen LogP contribution in [0.5, 0.6) is 0 Å². The van der Waals surface area contributed by atoms with Crippen LogP contribution in [0.4, 0.5) is 17.6 Å². The molecule has 2 heterocycles. The van der Waals surface area contributed by atoms with Crippen LogP contribution in [0.2, 0.25) is 0 Å². The summed E-state index contributed by atoms with van der Waals surface area (Å²) in [5, 5.41) is 2.35. The van der Waals surface area contributed by atoms with E-state index in [1.165, 1.54) is 29.5 Å². The van der Waals surface area contributed by atoms with Crippen molar-refractivity contribution in [3.05, 3.63) is 76.5 Å². The predicted molar refractivity (Wildman–Crippen MR) is 119 cm³/mol. The van der Waals surface area contributed by atoms with Crippen molar-refractivity contribution in [1.82, 2.24) is 14.8 Å². The average molecular weight is 478 g/mol. The summed E-state index contributed by atoms with van der Waals surface area (Å²) in [4.78, 5) is 21.2. The number of thiazole rings is 1. The van der Waals surface area contributed by atoms with E-state index in [2.05, 4.69) is 9.88 Å². The number of hydrogen-bond donors (Lipinski definition) is 0. The highest BCUT2D eigenvalue weighted by molar-refractivity contribution is 7.13. The third-order valence-electron chi connectivity index (χ3n) is 5.64. The van der Waals surface area contributed by atoms with Crippen molar-refractivity contribution in [3.8, 4) is 10.6 Å². The highest BCUT2D eigenvalue weighted by Gasteiger charge is 2.30. The number of carbonyl (C=O) groups is 1. The molecule has 0 saturated carbocycles. The summed E-state index contributed by atoms with van der Waals surface area (Å²) in [6, 6.07) is 11.6. The van der Waals surface area contributed by atoms with Crippen LogP contribution >= 0.6 is 11.3 Å². The smallest absolute Gasteiger partial charge is 0.341 e. The zero-order chi connectivity index (χ0) is 23.4. The molecule has 0 unspecified atom stereocenters. The molecule has 1 saturated heterocycles. The molecule has 0 atom stereocenters. The molecule has 1 fully saturated rings. The molecule has 0 radical (unpaired) electrons. The van der Waals surface area contributed by atoms with E-state index in [1.54, 1.807) is 22.4 Å². The van der Waals surface area contributed by atoms with E-state index in [-0.39, 0.29) is 18.1 Å². The van der Waals surface area contributed by atoms with Gasteiger partial charge < -0.3 is 4.90 Å². The van der Waals surface area contributed by atoms with Crippen LogP contribution in [0, 0.1) is 5.82 Å². The summed E-state index contributed by atoms with van der Waals surface area (Å²) in [6.07, 6.45) is -3.44. The molecule has 3 aromatic rings. The Bertz CT molecular complexity index is 1100. The highest BCUT2D eigenvalue weighted by Crippen LogP contribution is 2.31. The van der Waals surface area contributed by atoms with Crippen molar-refractivity contribution >= 4 is 17.2 Å². The van der Waals surface area contributed by atoms with Gasteiger partial charge in [0.1, 0.15) is 10.8 Å². The Morgan fingerprint density at radius 3 is 2.48 bits per heavy atom. The maximum Gasteiger partial charge on any atom is 0.416 e. The topological polar surface area (TPSA) is 36.4 Å². The number of benzene rings is 2. The van der Waals surface area contributed by atoms with Crippen LogP contribution in [0.3, 0.4) is 0 Å². The molecular formula is C24H23F4N3OS. The zero-order valence-electron chi connectivity index (χ0n) is 17.8. The minimum atomic E-state index is -4.38. The molecular weight excluding hydrogens is 454 g/mol. The summed E-state index contributed by atoms with van der Waals surface area (Å²) < 4.78 is 52.2. The number of amides is 1. The molecule has 4 rings (SSSR count). The van der Waals surface area contributed by atoms with Gasteiger partial charge in [0.15, 0.2) is 0 Å². The summed E-state index contributed by atoms with van der Waals surface area (Å²) in [5.41, 5.74) is 1.14. The second-order valence-corrected chi connectivity index (χ2v) is 8.86. The van der Waals surface area contributed by atoms with Gasteiger partial charge in [0.25, 0.3) is 0 Å². The number of hydrogen-bond acceptors (Lipinski definition) is 4. The first-order chi connectivity index (χ1) is 15.8. The first-order valence-corrected chi connectivity index (χ1v) is 11.5. The van der Waals surface area contributed by atoms with E-state index in [0.29, 0.717) is 48.0 Å². The Kier molecular flexibility index (Phi) is 7.09. The van der Waals surface area contributed by atoms with Crippen LogP contribution in [0.1, 0.15) is 23.2 Å². The number of nitrogens with zero attached hydrogens (tertiary/aromatic N) is 3. The average Bonchev–Trinajstić information content (AvgIpc) is 3.12. The van der Waals surface area contributed by atoms with Gasteiger partial charge in [-0.15, -0.1) is 11.3 Å². The van der Waals surface area contributed by atoms with Gasteiger partial charge in [0.2, 0.25) is 5.91 Å².